The van der Waals surface area contributed by atoms with Gasteiger partial charge in [-0.2, -0.15) is 0 Å². The van der Waals surface area contributed by atoms with Gasteiger partial charge in [-0.15, -0.1) is 11.3 Å². The summed E-state index contributed by atoms with van der Waals surface area (Å²) < 4.78 is 22.7. The second-order valence-electron chi connectivity index (χ2n) is 4.46. The van der Waals surface area contributed by atoms with E-state index in [1.165, 1.54) is 4.88 Å². The van der Waals surface area contributed by atoms with Crippen LogP contribution in [0.15, 0.2) is 12.1 Å². The Balaban J connectivity index is 2.10. The minimum atomic E-state index is -3.02. The monoisotopic (exact) mass is 260 g/mol. The van der Waals surface area contributed by atoms with Crippen LogP contribution in [-0.2, 0) is 22.7 Å². The molecule has 0 aliphatic carbocycles. The standard InChI is InChI=1S/C11H16O3S2/c1-2-9-3-4-10(15-9)7-11(12)5-6-16(13,14)8-11/h3-4,12H,2,5-8H2,1H3. The van der Waals surface area contributed by atoms with Gasteiger partial charge in [-0.25, -0.2) is 8.42 Å². The van der Waals surface area contributed by atoms with Crippen LogP contribution in [0.25, 0.3) is 0 Å². The molecule has 16 heavy (non-hydrogen) atoms. The van der Waals surface area contributed by atoms with Crippen LogP contribution in [0.1, 0.15) is 23.1 Å². The Labute approximate surface area is 100 Å². The molecule has 1 fully saturated rings. The van der Waals surface area contributed by atoms with Gasteiger partial charge in [0.1, 0.15) is 0 Å². The molecule has 3 nitrogen and oxygen atoms in total. The maximum Gasteiger partial charge on any atom is 0.153 e. The first kappa shape index (κ1) is 12.1. The van der Waals surface area contributed by atoms with Crippen molar-refractivity contribution in [2.75, 3.05) is 11.5 Å². The molecule has 1 aromatic heterocycles. The maximum absolute atomic E-state index is 11.3. The largest absolute Gasteiger partial charge is 0.388 e. The smallest absolute Gasteiger partial charge is 0.153 e. The summed E-state index contributed by atoms with van der Waals surface area (Å²) in [6, 6.07) is 4.04. The van der Waals surface area contributed by atoms with E-state index < -0.39 is 15.4 Å². The second kappa shape index (κ2) is 4.13. The Morgan fingerprint density at radius 1 is 1.44 bits per heavy atom. The normalized spacial score (nSPS) is 28.4. The van der Waals surface area contributed by atoms with E-state index in [0.717, 1.165) is 11.3 Å². The van der Waals surface area contributed by atoms with Crippen molar-refractivity contribution >= 4 is 21.2 Å². The van der Waals surface area contributed by atoms with Gasteiger partial charge in [0.2, 0.25) is 0 Å². The molecule has 1 N–H and O–H groups in total. The molecule has 90 valence electrons. The summed E-state index contributed by atoms with van der Waals surface area (Å²) in [5, 5.41) is 10.2. The summed E-state index contributed by atoms with van der Waals surface area (Å²) in [6.45, 7) is 2.09. The van der Waals surface area contributed by atoms with E-state index in [4.69, 9.17) is 0 Å². The Morgan fingerprint density at radius 3 is 2.62 bits per heavy atom. The Morgan fingerprint density at radius 2 is 2.12 bits per heavy atom. The van der Waals surface area contributed by atoms with Crippen LogP contribution in [0.5, 0.6) is 0 Å². The molecule has 1 unspecified atom stereocenters. The van der Waals surface area contributed by atoms with Crippen molar-refractivity contribution in [2.24, 2.45) is 0 Å². The van der Waals surface area contributed by atoms with Crippen LogP contribution in [0.4, 0.5) is 0 Å². The van der Waals surface area contributed by atoms with Crippen LogP contribution >= 0.6 is 11.3 Å². The molecule has 0 aromatic carbocycles. The third kappa shape index (κ3) is 2.64. The summed E-state index contributed by atoms with van der Waals surface area (Å²) in [6.07, 6.45) is 1.83. The lowest BCUT2D eigenvalue weighted by Crippen LogP contribution is -2.32. The van der Waals surface area contributed by atoms with Crippen molar-refractivity contribution in [1.29, 1.82) is 0 Å². The number of rotatable bonds is 3. The van der Waals surface area contributed by atoms with Crippen LogP contribution in [-0.4, -0.2) is 30.6 Å². The SMILES string of the molecule is CCc1ccc(CC2(O)CCS(=O)(=O)C2)s1. The van der Waals surface area contributed by atoms with Crippen LogP contribution < -0.4 is 0 Å². The van der Waals surface area contributed by atoms with Crippen molar-refractivity contribution in [3.63, 3.8) is 0 Å². The molecule has 1 aromatic rings. The van der Waals surface area contributed by atoms with Gasteiger partial charge in [0.05, 0.1) is 17.1 Å². The van der Waals surface area contributed by atoms with Gasteiger partial charge in [0, 0.05) is 16.2 Å². The third-order valence-electron chi connectivity index (χ3n) is 2.94. The van der Waals surface area contributed by atoms with Crippen LogP contribution in [0.2, 0.25) is 0 Å². The fourth-order valence-electron chi connectivity index (χ4n) is 2.07. The fraction of sp³-hybridized carbons (Fsp3) is 0.636. The number of aliphatic hydroxyl groups is 1. The Hall–Kier alpha value is -0.390. The number of sulfone groups is 1. The first-order chi connectivity index (χ1) is 7.42. The van der Waals surface area contributed by atoms with Crippen LogP contribution in [0.3, 0.4) is 0 Å². The van der Waals surface area contributed by atoms with E-state index in [9.17, 15) is 13.5 Å². The zero-order valence-corrected chi connectivity index (χ0v) is 10.9. The van der Waals surface area contributed by atoms with E-state index in [0.29, 0.717) is 12.8 Å². The van der Waals surface area contributed by atoms with Gasteiger partial charge in [-0.3, -0.25) is 0 Å². The van der Waals surface area contributed by atoms with Crippen molar-refractivity contribution in [3.05, 3.63) is 21.9 Å². The van der Waals surface area contributed by atoms with Gasteiger partial charge in [0.15, 0.2) is 9.84 Å². The summed E-state index contributed by atoms with van der Waals surface area (Å²) in [5.41, 5.74) is -1.03. The van der Waals surface area contributed by atoms with Gasteiger partial charge < -0.3 is 5.11 Å². The number of thiophene rings is 1. The van der Waals surface area contributed by atoms with Crippen LogP contribution in [0, 0.1) is 0 Å². The van der Waals surface area contributed by atoms with E-state index in [1.54, 1.807) is 11.3 Å². The lowest BCUT2D eigenvalue weighted by Gasteiger charge is -2.19. The topological polar surface area (TPSA) is 54.4 Å². The minimum absolute atomic E-state index is 0.0840. The zero-order chi connectivity index (χ0) is 11.8. The predicted molar refractivity (Wildman–Crippen MR) is 65.6 cm³/mol. The van der Waals surface area contributed by atoms with Gasteiger partial charge in [0.25, 0.3) is 0 Å². The molecule has 0 radical (unpaired) electrons. The summed E-state index contributed by atoms with van der Waals surface area (Å²) in [4.78, 5) is 2.36. The lowest BCUT2D eigenvalue weighted by atomic mass is 9.98. The number of hydrogen-bond acceptors (Lipinski definition) is 4. The summed E-state index contributed by atoms with van der Waals surface area (Å²) in [5.74, 6) is 0.0366. The summed E-state index contributed by atoms with van der Waals surface area (Å²) >= 11 is 1.66. The molecule has 5 heteroatoms. The molecule has 1 atom stereocenters. The lowest BCUT2D eigenvalue weighted by molar-refractivity contribution is 0.0690. The minimum Gasteiger partial charge on any atom is -0.388 e. The molecule has 0 bridgehead atoms. The third-order valence-corrected chi connectivity index (χ3v) is 5.97. The molecule has 0 spiro atoms. The average Bonchev–Trinajstić information content (AvgIpc) is 2.71. The quantitative estimate of drug-likeness (QED) is 0.894. The highest BCUT2D eigenvalue weighted by atomic mass is 32.2. The first-order valence-electron chi connectivity index (χ1n) is 5.43. The average molecular weight is 260 g/mol. The highest BCUT2D eigenvalue weighted by molar-refractivity contribution is 7.91. The molecule has 2 rings (SSSR count). The predicted octanol–water partition coefficient (Wildman–Crippen LogP) is 1.40. The van der Waals surface area contributed by atoms with Crippen molar-refractivity contribution in [3.8, 4) is 0 Å². The zero-order valence-electron chi connectivity index (χ0n) is 9.27. The van der Waals surface area contributed by atoms with E-state index >= 15 is 0 Å². The van der Waals surface area contributed by atoms with E-state index in [2.05, 4.69) is 6.92 Å². The highest BCUT2D eigenvalue weighted by Gasteiger charge is 2.40. The fourth-order valence-corrected chi connectivity index (χ4v) is 5.06. The van der Waals surface area contributed by atoms with Gasteiger partial charge in [-0.1, -0.05) is 6.92 Å². The molecule has 1 saturated heterocycles. The maximum atomic E-state index is 11.3. The molecule has 1 aliphatic rings. The van der Waals surface area contributed by atoms with Crippen molar-refractivity contribution in [1.82, 2.24) is 0 Å². The van der Waals surface area contributed by atoms with Gasteiger partial charge in [-0.05, 0) is 25.0 Å². The Kier molecular flexibility index (Phi) is 3.11. The molecular weight excluding hydrogens is 244 g/mol. The summed E-state index contributed by atoms with van der Waals surface area (Å²) in [7, 11) is -3.02. The molecule has 2 heterocycles. The Bertz CT molecular complexity index is 475. The van der Waals surface area contributed by atoms with Gasteiger partial charge >= 0.3 is 0 Å². The van der Waals surface area contributed by atoms with E-state index in [-0.39, 0.29) is 11.5 Å². The number of hydrogen-bond donors (Lipinski definition) is 1. The van der Waals surface area contributed by atoms with Crippen molar-refractivity contribution in [2.45, 2.75) is 31.8 Å². The molecule has 1 aliphatic heterocycles. The van der Waals surface area contributed by atoms with Crippen molar-refractivity contribution < 1.29 is 13.5 Å². The second-order valence-corrected chi connectivity index (χ2v) is 7.90. The van der Waals surface area contributed by atoms with E-state index in [1.807, 2.05) is 12.1 Å². The molecule has 0 amide bonds. The first-order valence-corrected chi connectivity index (χ1v) is 8.07. The molecule has 0 saturated carbocycles. The highest BCUT2D eigenvalue weighted by Crippen LogP contribution is 2.30. The molecular formula is C11H16O3S2. The number of aryl methyl sites for hydroxylation is 1.